The van der Waals surface area contributed by atoms with Crippen LogP contribution >= 0.6 is 0 Å². The minimum atomic E-state index is -0.872. The Hall–Kier alpha value is -2.41. The van der Waals surface area contributed by atoms with Crippen molar-refractivity contribution in [1.29, 1.82) is 0 Å². The van der Waals surface area contributed by atoms with E-state index in [1.54, 1.807) is 32.9 Å². The topological polar surface area (TPSA) is 69.2 Å². The lowest BCUT2D eigenvalue weighted by Crippen LogP contribution is -2.58. The molecule has 1 aliphatic heterocycles. The molecule has 0 bridgehead atoms. The Morgan fingerprint density at radius 1 is 1.24 bits per heavy atom. The van der Waals surface area contributed by atoms with Crippen LogP contribution in [0.25, 0.3) is 5.70 Å². The van der Waals surface area contributed by atoms with Crippen LogP contribution in [0.5, 0.6) is 0 Å². The van der Waals surface area contributed by atoms with E-state index in [-0.39, 0.29) is 5.82 Å². The molecule has 160 valence electrons. The van der Waals surface area contributed by atoms with Gasteiger partial charge in [0.2, 0.25) is 5.90 Å². The van der Waals surface area contributed by atoms with E-state index in [0.717, 1.165) is 5.57 Å². The van der Waals surface area contributed by atoms with Gasteiger partial charge in [-0.1, -0.05) is 12.1 Å². The number of hydrogen-bond donors (Lipinski definition) is 1. The molecule has 7 heteroatoms. The van der Waals surface area contributed by atoms with Crippen LogP contribution in [-0.2, 0) is 14.2 Å². The van der Waals surface area contributed by atoms with E-state index in [2.05, 4.69) is 5.32 Å². The summed E-state index contributed by atoms with van der Waals surface area (Å²) in [4.78, 5) is 17.3. The predicted molar refractivity (Wildman–Crippen MR) is 111 cm³/mol. The van der Waals surface area contributed by atoms with Crippen LogP contribution < -0.4 is 5.32 Å². The van der Waals surface area contributed by atoms with Crippen molar-refractivity contribution in [3.8, 4) is 0 Å². The van der Waals surface area contributed by atoms with Crippen molar-refractivity contribution in [1.82, 2.24) is 5.32 Å². The summed E-state index contributed by atoms with van der Waals surface area (Å²) in [6.07, 6.45) is 0.421. The highest BCUT2D eigenvalue weighted by Crippen LogP contribution is 2.28. The molecule has 0 saturated carbocycles. The van der Waals surface area contributed by atoms with Crippen LogP contribution in [0.3, 0.4) is 0 Å². The summed E-state index contributed by atoms with van der Waals surface area (Å²) in [5, 5.41) is 2.95. The number of hydrogen-bond acceptors (Lipinski definition) is 5. The molecule has 6 nitrogen and oxygen atoms in total. The number of allylic oxidation sites excluding steroid dienone is 1. The molecule has 0 aliphatic carbocycles. The highest BCUT2D eigenvalue weighted by Gasteiger charge is 2.42. The van der Waals surface area contributed by atoms with Crippen LogP contribution in [0.15, 0.2) is 34.8 Å². The van der Waals surface area contributed by atoms with E-state index in [9.17, 15) is 9.18 Å². The number of nitrogens with one attached hydrogen (secondary N) is 1. The van der Waals surface area contributed by atoms with E-state index in [1.165, 1.54) is 19.2 Å². The molecule has 0 unspecified atom stereocenters. The van der Waals surface area contributed by atoms with E-state index in [4.69, 9.17) is 19.2 Å². The van der Waals surface area contributed by atoms with Gasteiger partial charge in [-0.25, -0.2) is 14.2 Å². The second-order valence-electron chi connectivity index (χ2n) is 8.30. The number of methoxy groups -OCH3 is 1. The molecule has 29 heavy (non-hydrogen) atoms. The molecule has 1 amide bonds. The lowest BCUT2D eigenvalue weighted by atomic mass is 9.89. The van der Waals surface area contributed by atoms with Crippen molar-refractivity contribution in [2.75, 3.05) is 20.3 Å². The Bertz CT molecular complexity index is 786. The van der Waals surface area contributed by atoms with Crippen LogP contribution in [0.1, 0.15) is 53.0 Å². The fraction of sp³-hybridized carbons (Fsp3) is 0.545. The zero-order valence-corrected chi connectivity index (χ0v) is 18.1. The van der Waals surface area contributed by atoms with Crippen molar-refractivity contribution in [3.63, 3.8) is 0 Å². The SMILES string of the molecule is COC(=NC(=C(C)C)c1cccc(F)c1)C1(NC(=O)OC(C)(C)C)CCOCC1. The van der Waals surface area contributed by atoms with Gasteiger partial charge in [0.05, 0.1) is 12.8 Å². The van der Waals surface area contributed by atoms with Gasteiger partial charge in [0, 0.05) is 31.6 Å². The Morgan fingerprint density at radius 3 is 2.41 bits per heavy atom. The van der Waals surface area contributed by atoms with E-state index >= 15 is 0 Å². The van der Waals surface area contributed by atoms with Crippen molar-refractivity contribution in [2.24, 2.45) is 4.99 Å². The second kappa shape index (κ2) is 9.39. The summed E-state index contributed by atoms with van der Waals surface area (Å²) in [6, 6.07) is 6.24. The zero-order valence-electron chi connectivity index (χ0n) is 18.1. The smallest absolute Gasteiger partial charge is 0.408 e. The summed E-state index contributed by atoms with van der Waals surface area (Å²) in [7, 11) is 1.51. The van der Waals surface area contributed by atoms with Gasteiger partial charge in [0.25, 0.3) is 0 Å². The Balaban J connectivity index is 2.46. The van der Waals surface area contributed by atoms with Crippen molar-refractivity contribution >= 4 is 17.7 Å². The van der Waals surface area contributed by atoms with Crippen molar-refractivity contribution < 1.29 is 23.4 Å². The van der Waals surface area contributed by atoms with Gasteiger partial charge >= 0.3 is 6.09 Å². The lowest BCUT2D eigenvalue weighted by molar-refractivity contribution is 0.0278. The maximum Gasteiger partial charge on any atom is 0.408 e. The molecule has 1 aliphatic rings. The molecular formula is C22H31FN2O4. The summed E-state index contributed by atoms with van der Waals surface area (Å²) < 4.78 is 30.4. The molecule has 1 heterocycles. The first kappa shape index (κ1) is 22.9. The van der Waals surface area contributed by atoms with E-state index in [0.29, 0.717) is 43.2 Å². The summed E-state index contributed by atoms with van der Waals surface area (Å²) in [5.74, 6) is -0.00445. The third kappa shape index (κ3) is 6.29. The second-order valence-corrected chi connectivity index (χ2v) is 8.30. The fourth-order valence-electron chi connectivity index (χ4n) is 3.16. The third-order valence-corrected chi connectivity index (χ3v) is 4.47. The van der Waals surface area contributed by atoms with Crippen LogP contribution in [0.2, 0.25) is 0 Å². The number of halogens is 1. The predicted octanol–water partition coefficient (Wildman–Crippen LogP) is 4.70. The third-order valence-electron chi connectivity index (χ3n) is 4.47. The number of benzene rings is 1. The van der Waals surface area contributed by atoms with E-state index < -0.39 is 17.2 Å². The normalized spacial score (nSPS) is 16.7. The van der Waals surface area contributed by atoms with Gasteiger partial charge < -0.3 is 19.5 Å². The van der Waals surface area contributed by atoms with Crippen LogP contribution in [0.4, 0.5) is 9.18 Å². The van der Waals surface area contributed by atoms with Gasteiger partial charge in [0.1, 0.15) is 17.0 Å². The van der Waals surface area contributed by atoms with Gasteiger partial charge in [-0.05, 0) is 52.3 Å². The van der Waals surface area contributed by atoms with Crippen LogP contribution in [-0.4, -0.2) is 43.5 Å². The molecule has 2 rings (SSSR count). The molecule has 1 aromatic carbocycles. The average molecular weight is 406 g/mol. The van der Waals surface area contributed by atoms with Gasteiger partial charge in [-0.15, -0.1) is 0 Å². The number of alkyl carbamates (subject to hydrolysis) is 1. The van der Waals surface area contributed by atoms with Crippen LogP contribution in [0, 0.1) is 5.82 Å². The largest absolute Gasteiger partial charge is 0.482 e. The number of amides is 1. The first-order chi connectivity index (χ1) is 13.6. The average Bonchev–Trinajstić information content (AvgIpc) is 2.61. The number of aliphatic imine (C=N–C) groups is 1. The minimum Gasteiger partial charge on any atom is -0.482 e. The molecule has 1 saturated heterocycles. The Morgan fingerprint density at radius 2 is 1.90 bits per heavy atom. The number of carbonyl (C=O) groups is 1. The number of rotatable bonds is 4. The number of ether oxygens (including phenoxy) is 3. The number of carbonyl (C=O) groups excluding carboxylic acids is 1. The van der Waals surface area contributed by atoms with Gasteiger partial charge in [-0.2, -0.15) is 0 Å². The summed E-state index contributed by atoms with van der Waals surface area (Å²) in [6.45, 7) is 10.1. The maximum absolute atomic E-state index is 13.8. The fourth-order valence-corrected chi connectivity index (χ4v) is 3.16. The molecule has 1 fully saturated rings. The van der Waals surface area contributed by atoms with Crippen molar-refractivity contribution in [3.05, 3.63) is 41.2 Å². The summed E-state index contributed by atoms with van der Waals surface area (Å²) >= 11 is 0. The zero-order chi connectivity index (χ0) is 21.7. The highest BCUT2D eigenvalue weighted by molar-refractivity contribution is 5.94. The monoisotopic (exact) mass is 406 g/mol. The summed E-state index contributed by atoms with van der Waals surface area (Å²) in [5.41, 5.74) is 0.624. The molecule has 0 aromatic heterocycles. The molecule has 0 radical (unpaired) electrons. The molecule has 0 spiro atoms. The highest BCUT2D eigenvalue weighted by atomic mass is 19.1. The lowest BCUT2D eigenvalue weighted by Gasteiger charge is -2.38. The maximum atomic E-state index is 13.8. The minimum absolute atomic E-state index is 0.340. The first-order valence-corrected chi connectivity index (χ1v) is 9.72. The van der Waals surface area contributed by atoms with Gasteiger partial charge in [0.15, 0.2) is 0 Å². The van der Waals surface area contributed by atoms with Gasteiger partial charge in [-0.3, -0.25) is 0 Å². The molecule has 1 aromatic rings. The quantitative estimate of drug-likeness (QED) is 0.581. The van der Waals surface area contributed by atoms with Crippen molar-refractivity contribution in [2.45, 2.75) is 58.6 Å². The molecule has 0 atom stereocenters. The molecular weight excluding hydrogens is 375 g/mol. The standard InChI is InChI=1S/C22H31FN2O4/c1-15(2)18(16-8-7-9-17(23)14-16)24-19(27-6)22(10-12-28-13-11-22)25-20(26)29-21(3,4)5/h7-9,14H,10-13H2,1-6H3,(H,25,26). The Kier molecular flexibility index (Phi) is 7.41. The van der Waals surface area contributed by atoms with E-state index in [1.807, 2.05) is 13.8 Å². The Labute approximate surface area is 172 Å². The number of nitrogens with zero attached hydrogens (tertiary/aromatic N) is 1. The molecule has 1 N–H and O–H groups in total. The first-order valence-electron chi connectivity index (χ1n) is 9.72.